The molecular weight excluding hydrogens is 416 g/mol. The number of hydrogen-bond donors (Lipinski definition) is 0. The summed E-state index contributed by atoms with van der Waals surface area (Å²) >= 11 is 2.22. The van der Waals surface area contributed by atoms with Crippen LogP contribution < -0.4 is 0 Å². The lowest BCUT2D eigenvalue weighted by Gasteiger charge is -2.04. The Kier molecular flexibility index (Phi) is 32.7. The minimum Gasteiger partial charge on any atom is -0.162 e. The number of hydrogen-bond acceptors (Lipinski definition) is 1. The van der Waals surface area contributed by atoms with Crippen molar-refractivity contribution in [1.82, 2.24) is 0 Å². The molecule has 200 valence electrons. The third-order valence-corrected chi connectivity index (χ3v) is 8.44. The molecule has 0 aromatic carbocycles. The van der Waals surface area contributed by atoms with Crippen LogP contribution in [0.5, 0.6) is 0 Å². The molecule has 0 aliphatic carbocycles. The predicted molar refractivity (Wildman–Crippen MR) is 158 cm³/mol. The van der Waals surface area contributed by atoms with Gasteiger partial charge in [-0.1, -0.05) is 181 Å². The van der Waals surface area contributed by atoms with E-state index >= 15 is 0 Å². The summed E-state index contributed by atoms with van der Waals surface area (Å²) in [5.74, 6) is 2.83. The van der Waals surface area contributed by atoms with Crippen molar-refractivity contribution in [2.45, 2.75) is 194 Å². The third-order valence-electron chi connectivity index (χ3n) is 7.28. The second-order valence-electron chi connectivity index (χ2n) is 10.8. The number of unbranched alkanes of at least 4 members (excludes halogenated alkanes) is 26. The van der Waals surface area contributed by atoms with Crippen LogP contribution in [0.1, 0.15) is 194 Å². The third kappa shape index (κ3) is 32.4. The lowest BCUT2D eigenvalue weighted by atomic mass is 10.0. The van der Waals surface area contributed by atoms with Crippen LogP contribution in [0.4, 0.5) is 0 Å². The van der Waals surface area contributed by atoms with Crippen LogP contribution in [0.25, 0.3) is 0 Å². The second-order valence-corrected chi connectivity index (χ2v) is 12.0. The lowest BCUT2D eigenvalue weighted by molar-refractivity contribution is 0.526. The molecule has 0 heterocycles. The molecule has 0 spiro atoms. The highest BCUT2D eigenvalue weighted by molar-refractivity contribution is 7.99. The molecule has 33 heavy (non-hydrogen) atoms. The van der Waals surface area contributed by atoms with Crippen LogP contribution in [0.2, 0.25) is 0 Å². The molecule has 0 aliphatic heterocycles. The van der Waals surface area contributed by atoms with E-state index in [1.165, 1.54) is 191 Å². The van der Waals surface area contributed by atoms with E-state index in [0.717, 1.165) is 0 Å². The van der Waals surface area contributed by atoms with Gasteiger partial charge in [0.1, 0.15) is 0 Å². The van der Waals surface area contributed by atoms with Gasteiger partial charge in [0, 0.05) is 0 Å². The zero-order valence-electron chi connectivity index (χ0n) is 23.6. The molecule has 0 fully saturated rings. The molecule has 0 aliphatic rings. The van der Waals surface area contributed by atoms with E-state index in [2.05, 4.69) is 25.6 Å². The Hall–Kier alpha value is 0.350. The predicted octanol–water partition coefficient (Wildman–Crippen LogP) is 12.7. The molecule has 0 rings (SSSR count). The molecule has 0 aromatic heterocycles. The molecule has 0 bridgehead atoms. The van der Waals surface area contributed by atoms with Crippen molar-refractivity contribution >= 4 is 11.8 Å². The van der Waals surface area contributed by atoms with E-state index < -0.39 is 0 Å². The zero-order chi connectivity index (χ0) is 23.9. The molecule has 0 atom stereocenters. The molecule has 0 N–H and O–H groups in total. The second kappa shape index (κ2) is 32.4. The fourth-order valence-corrected chi connectivity index (χ4v) is 5.92. The summed E-state index contributed by atoms with van der Waals surface area (Å²) < 4.78 is 0. The minimum absolute atomic E-state index is 1.37. The van der Waals surface area contributed by atoms with Crippen molar-refractivity contribution in [1.29, 1.82) is 0 Å². The Labute approximate surface area is 216 Å². The quantitative estimate of drug-likeness (QED) is 0.0917. The van der Waals surface area contributed by atoms with Gasteiger partial charge in [-0.05, 0) is 24.3 Å². The number of rotatable bonds is 30. The highest BCUT2D eigenvalue weighted by Gasteiger charge is 1.96. The first-order valence-corrected chi connectivity index (χ1v) is 17.1. The summed E-state index contributed by atoms with van der Waals surface area (Å²) in [4.78, 5) is 0. The van der Waals surface area contributed by atoms with Crippen LogP contribution >= 0.6 is 11.8 Å². The summed E-state index contributed by atoms with van der Waals surface area (Å²) in [6.07, 6.45) is 41.2. The van der Waals surface area contributed by atoms with Crippen LogP contribution in [-0.4, -0.2) is 11.5 Å². The van der Waals surface area contributed by atoms with E-state index in [1.54, 1.807) is 0 Å². The molecule has 0 nitrogen and oxygen atoms in total. The van der Waals surface area contributed by atoms with Gasteiger partial charge in [-0.15, -0.1) is 0 Å². The average molecular weight is 483 g/mol. The molecular formula is C32H66S. The van der Waals surface area contributed by atoms with E-state index in [4.69, 9.17) is 0 Å². The van der Waals surface area contributed by atoms with E-state index in [1.807, 2.05) is 0 Å². The van der Waals surface area contributed by atoms with Crippen LogP contribution in [-0.2, 0) is 0 Å². The van der Waals surface area contributed by atoms with Crippen LogP contribution in [0.3, 0.4) is 0 Å². The van der Waals surface area contributed by atoms with Gasteiger partial charge in [0.05, 0.1) is 0 Å². The van der Waals surface area contributed by atoms with Gasteiger partial charge in [0.2, 0.25) is 0 Å². The number of thioether (sulfide) groups is 1. The van der Waals surface area contributed by atoms with E-state index in [9.17, 15) is 0 Å². The molecule has 0 saturated heterocycles. The highest BCUT2D eigenvalue weighted by atomic mass is 32.2. The SMILES string of the molecule is CCCCCCCCCCCCCCCCCCCCSCCCCCCCCCCCC. The van der Waals surface area contributed by atoms with Crippen molar-refractivity contribution in [2.75, 3.05) is 11.5 Å². The van der Waals surface area contributed by atoms with Gasteiger partial charge < -0.3 is 0 Å². The Morgan fingerprint density at radius 3 is 0.636 bits per heavy atom. The van der Waals surface area contributed by atoms with Crippen molar-refractivity contribution in [3.8, 4) is 0 Å². The van der Waals surface area contributed by atoms with Crippen LogP contribution in [0.15, 0.2) is 0 Å². The Morgan fingerprint density at radius 2 is 0.424 bits per heavy atom. The summed E-state index contributed by atoms with van der Waals surface area (Å²) in [6.45, 7) is 4.61. The Balaban J connectivity index is 2.99. The molecule has 0 radical (unpaired) electrons. The topological polar surface area (TPSA) is 0 Å². The zero-order valence-corrected chi connectivity index (χ0v) is 24.4. The Morgan fingerprint density at radius 1 is 0.242 bits per heavy atom. The summed E-state index contributed by atoms with van der Waals surface area (Å²) in [5.41, 5.74) is 0. The van der Waals surface area contributed by atoms with Crippen molar-refractivity contribution in [3.63, 3.8) is 0 Å². The first-order valence-electron chi connectivity index (χ1n) is 16.0. The molecule has 0 amide bonds. The summed E-state index contributed by atoms with van der Waals surface area (Å²) in [5, 5.41) is 0. The van der Waals surface area contributed by atoms with Gasteiger partial charge in [-0.3, -0.25) is 0 Å². The first-order chi connectivity index (χ1) is 16.4. The molecule has 0 aromatic rings. The van der Waals surface area contributed by atoms with E-state index in [-0.39, 0.29) is 0 Å². The van der Waals surface area contributed by atoms with Crippen molar-refractivity contribution < 1.29 is 0 Å². The maximum atomic E-state index is 2.31. The van der Waals surface area contributed by atoms with Gasteiger partial charge in [-0.25, -0.2) is 0 Å². The maximum absolute atomic E-state index is 2.31. The molecule has 0 saturated carbocycles. The van der Waals surface area contributed by atoms with Crippen molar-refractivity contribution in [2.24, 2.45) is 0 Å². The first kappa shape index (κ1) is 33.4. The van der Waals surface area contributed by atoms with Crippen molar-refractivity contribution in [3.05, 3.63) is 0 Å². The standard InChI is InChI=1S/C32H66S/c1-3-5-7-9-11-13-15-16-17-18-19-20-21-22-24-26-28-30-32-33-31-29-27-25-23-14-12-10-8-6-4-2/h3-32H2,1-2H3. The molecule has 1 heteroatoms. The van der Waals surface area contributed by atoms with Gasteiger partial charge in [0.25, 0.3) is 0 Å². The average Bonchev–Trinajstić information content (AvgIpc) is 2.83. The highest BCUT2D eigenvalue weighted by Crippen LogP contribution is 2.16. The van der Waals surface area contributed by atoms with Gasteiger partial charge >= 0.3 is 0 Å². The monoisotopic (exact) mass is 482 g/mol. The fraction of sp³-hybridized carbons (Fsp3) is 1.00. The van der Waals surface area contributed by atoms with Crippen LogP contribution in [0, 0.1) is 0 Å². The van der Waals surface area contributed by atoms with Gasteiger partial charge in [-0.2, -0.15) is 11.8 Å². The maximum Gasteiger partial charge on any atom is -0.00675 e. The summed E-state index contributed by atoms with van der Waals surface area (Å²) in [6, 6.07) is 0. The normalized spacial score (nSPS) is 11.5. The van der Waals surface area contributed by atoms with E-state index in [0.29, 0.717) is 0 Å². The fourth-order valence-electron chi connectivity index (χ4n) is 4.90. The lowest BCUT2D eigenvalue weighted by Crippen LogP contribution is -1.87. The molecule has 0 unspecified atom stereocenters. The Bertz CT molecular complexity index is 284. The smallest absolute Gasteiger partial charge is 0.00675 e. The van der Waals surface area contributed by atoms with Gasteiger partial charge in [0.15, 0.2) is 0 Å². The summed E-state index contributed by atoms with van der Waals surface area (Å²) in [7, 11) is 0. The minimum atomic E-state index is 1.37. The largest absolute Gasteiger partial charge is 0.162 e.